The number of hydrogen-bond acceptors (Lipinski definition) is 3. The molecule has 1 N–H and O–H groups in total. The Balaban J connectivity index is 1.68. The molecule has 0 radical (unpaired) electrons. The lowest BCUT2D eigenvalue weighted by Gasteiger charge is -2.47. The van der Waals surface area contributed by atoms with Gasteiger partial charge in [-0.1, -0.05) is 6.07 Å². The average molecular weight is 340 g/mol. The molecule has 6 nitrogen and oxygen atoms in total. The first-order valence-corrected chi connectivity index (χ1v) is 9.04. The van der Waals surface area contributed by atoms with Crippen LogP contribution in [0, 0.1) is 6.92 Å². The Labute approximate surface area is 147 Å². The van der Waals surface area contributed by atoms with E-state index in [1.807, 2.05) is 40.8 Å². The van der Waals surface area contributed by atoms with Crippen LogP contribution >= 0.6 is 0 Å². The molecule has 0 spiro atoms. The summed E-state index contributed by atoms with van der Waals surface area (Å²) in [5, 5.41) is 3.17. The first-order chi connectivity index (χ1) is 12.0. The van der Waals surface area contributed by atoms with Crippen molar-refractivity contribution in [3.63, 3.8) is 0 Å². The zero-order valence-electron chi connectivity index (χ0n) is 14.8. The fourth-order valence-electron chi connectivity index (χ4n) is 4.39. The Hall–Kier alpha value is -2.37. The molecule has 132 valence electrons. The Morgan fingerprint density at radius 2 is 2.24 bits per heavy atom. The van der Waals surface area contributed by atoms with Crippen molar-refractivity contribution in [1.82, 2.24) is 19.6 Å². The lowest BCUT2D eigenvalue weighted by Crippen LogP contribution is -2.63. The first kappa shape index (κ1) is 16.1. The number of hydrogen-bond donors (Lipinski definition) is 1. The number of aryl methyl sites for hydroxylation is 1. The minimum absolute atomic E-state index is 0.0322. The molecule has 0 aliphatic carbocycles. The van der Waals surface area contributed by atoms with Crippen LogP contribution in [0.4, 0.5) is 0 Å². The number of nitrogens with zero attached hydrogens (tertiary/aromatic N) is 3. The van der Waals surface area contributed by atoms with Gasteiger partial charge in [0.05, 0.1) is 11.6 Å². The van der Waals surface area contributed by atoms with Crippen LogP contribution in [0.15, 0.2) is 24.5 Å². The van der Waals surface area contributed by atoms with Gasteiger partial charge in [0.2, 0.25) is 5.91 Å². The normalized spacial score (nSPS) is 26.9. The zero-order valence-corrected chi connectivity index (χ0v) is 14.8. The Kier molecular flexibility index (Phi) is 3.78. The molecule has 0 unspecified atom stereocenters. The zero-order chi connectivity index (χ0) is 17.6. The molecule has 2 saturated heterocycles. The largest absolute Gasteiger partial charge is 0.349 e. The third-order valence-electron chi connectivity index (χ3n) is 5.67. The molecule has 25 heavy (non-hydrogen) atoms. The standard InChI is InChI=1S/C19H24N4O2/c1-13-6-4-10-22-12-14(20-17(13)22)18(25)23-11-5-9-19(2)15(23)7-3-8-16(24)21-19/h4,6,10,12,15H,3,5,7-9,11H2,1-2H3,(H,21,24)/t15-,19-/m0/s1. The lowest BCUT2D eigenvalue weighted by atomic mass is 9.81. The predicted molar refractivity (Wildman–Crippen MR) is 94.4 cm³/mol. The fraction of sp³-hybridized carbons (Fsp3) is 0.526. The van der Waals surface area contributed by atoms with Crippen molar-refractivity contribution < 1.29 is 9.59 Å². The second-order valence-electron chi connectivity index (χ2n) is 7.52. The summed E-state index contributed by atoms with van der Waals surface area (Å²) in [6.45, 7) is 4.80. The minimum Gasteiger partial charge on any atom is -0.349 e. The van der Waals surface area contributed by atoms with Crippen LogP contribution in [-0.2, 0) is 4.79 Å². The van der Waals surface area contributed by atoms with Crippen LogP contribution < -0.4 is 5.32 Å². The summed E-state index contributed by atoms with van der Waals surface area (Å²) in [5.41, 5.74) is 2.01. The molecule has 2 aromatic rings. The smallest absolute Gasteiger partial charge is 0.274 e. The molecular weight excluding hydrogens is 316 g/mol. The highest BCUT2D eigenvalue weighted by atomic mass is 16.2. The van der Waals surface area contributed by atoms with Crippen LogP contribution in [-0.4, -0.2) is 44.2 Å². The topological polar surface area (TPSA) is 66.7 Å². The van der Waals surface area contributed by atoms with E-state index in [1.54, 1.807) is 0 Å². The summed E-state index contributed by atoms with van der Waals surface area (Å²) in [7, 11) is 0. The monoisotopic (exact) mass is 340 g/mol. The van der Waals surface area contributed by atoms with E-state index >= 15 is 0 Å². The van der Waals surface area contributed by atoms with Gasteiger partial charge in [0, 0.05) is 25.4 Å². The summed E-state index contributed by atoms with van der Waals surface area (Å²) in [6.07, 6.45) is 7.75. The fourth-order valence-corrected chi connectivity index (χ4v) is 4.39. The van der Waals surface area contributed by atoms with Crippen LogP contribution in [0.25, 0.3) is 5.65 Å². The Morgan fingerprint density at radius 1 is 1.40 bits per heavy atom. The number of likely N-dealkylation sites (tertiary alicyclic amines) is 1. The summed E-state index contributed by atoms with van der Waals surface area (Å²) >= 11 is 0. The maximum atomic E-state index is 13.2. The second kappa shape index (κ2) is 5.86. The highest BCUT2D eigenvalue weighted by molar-refractivity contribution is 5.93. The number of carbonyl (C=O) groups is 2. The number of amides is 2. The molecule has 6 heteroatoms. The number of carbonyl (C=O) groups excluding carboxylic acids is 2. The van der Waals surface area contributed by atoms with Crippen LogP contribution in [0.1, 0.15) is 55.1 Å². The summed E-state index contributed by atoms with van der Waals surface area (Å²) in [5.74, 6) is 0.0674. The molecule has 2 fully saturated rings. The Morgan fingerprint density at radius 3 is 3.04 bits per heavy atom. The molecule has 2 atom stereocenters. The summed E-state index contributed by atoms with van der Waals surface area (Å²) < 4.78 is 1.90. The van der Waals surface area contributed by atoms with Crippen molar-refractivity contribution in [2.45, 2.75) is 57.5 Å². The van der Waals surface area contributed by atoms with Gasteiger partial charge < -0.3 is 14.6 Å². The van der Waals surface area contributed by atoms with E-state index in [0.29, 0.717) is 12.1 Å². The van der Waals surface area contributed by atoms with E-state index in [4.69, 9.17) is 0 Å². The number of aromatic nitrogens is 2. The molecule has 0 aromatic carbocycles. The Bertz CT molecular complexity index is 843. The maximum absolute atomic E-state index is 13.2. The number of rotatable bonds is 1. The van der Waals surface area contributed by atoms with Gasteiger partial charge in [0.25, 0.3) is 5.91 Å². The van der Waals surface area contributed by atoms with Gasteiger partial charge in [-0.3, -0.25) is 9.59 Å². The van der Waals surface area contributed by atoms with Crippen molar-refractivity contribution in [2.24, 2.45) is 0 Å². The third kappa shape index (κ3) is 2.69. The van der Waals surface area contributed by atoms with Crippen molar-refractivity contribution in [1.29, 1.82) is 0 Å². The van der Waals surface area contributed by atoms with Crippen LogP contribution in [0.2, 0.25) is 0 Å². The second-order valence-corrected chi connectivity index (χ2v) is 7.52. The van der Waals surface area contributed by atoms with E-state index < -0.39 is 0 Å². The molecule has 4 heterocycles. The molecule has 2 aliphatic heterocycles. The minimum atomic E-state index is -0.337. The highest BCUT2D eigenvalue weighted by Gasteiger charge is 2.45. The number of nitrogens with one attached hydrogen (secondary N) is 1. The first-order valence-electron chi connectivity index (χ1n) is 9.04. The van der Waals surface area contributed by atoms with Gasteiger partial charge in [-0.25, -0.2) is 4.98 Å². The van der Waals surface area contributed by atoms with Gasteiger partial charge in [-0.05, 0) is 51.2 Å². The van der Waals surface area contributed by atoms with E-state index in [-0.39, 0.29) is 23.4 Å². The quantitative estimate of drug-likeness (QED) is 0.866. The SMILES string of the molecule is Cc1cccn2cc(C(=O)N3CCC[C@]4(C)NC(=O)CCC[C@H]34)nc12. The maximum Gasteiger partial charge on any atom is 0.274 e. The van der Waals surface area contributed by atoms with Gasteiger partial charge >= 0.3 is 0 Å². The van der Waals surface area contributed by atoms with Crippen LogP contribution in [0.5, 0.6) is 0 Å². The molecule has 4 rings (SSSR count). The van der Waals surface area contributed by atoms with Gasteiger partial charge in [0.1, 0.15) is 11.3 Å². The van der Waals surface area contributed by atoms with Gasteiger partial charge in [-0.2, -0.15) is 0 Å². The molecular formula is C19H24N4O2. The van der Waals surface area contributed by atoms with Gasteiger partial charge in [-0.15, -0.1) is 0 Å². The molecule has 0 bridgehead atoms. The molecule has 2 aromatic heterocycles. The van der Waals surface area contributed by atoms with Crippen LogP contribution in [0.3, 0.4) is 0 Å². The van der Waals surface area contributed by atoms with Crippen molar-refractivity contribution >= 4 is 17.5 Å². The van der Waals surface area contributed by atoms with E-state index in [9.17, 15) is 9.59 Å². The number of pyridine rings is 1. The number of imidazole rings is 1. The van der Waals surface area contributed by atoms with Crippen molar-refractivity contribution in [2.75, 3.05) is 6.54 Å². The summed E-state index contributed by atoms with van der Waals surface area (Å²) in [6, 6.07) is 3.98. The van der Waals surface area contributed by atoms with Crippen molar-refractivity contribution in [3.05, 3.63) is 35.8 Å². The average Bonchev–Trinajstić information content (AvgIpc) is 2.94. The van der Waals surface area contributed by atoms with E-state index in [2.05, 4.69) is 17.2 Å². The third-order valence-corrected chi connectivity index (χ3v) is 5.67. The number of piperidine rings is 1. The highest BCUT2D eigenvalue weighted by Crippen LogP contribution is 2.34. The molecule has 0 saturated carbocycles. The summed E-state index contributed by atoms with van der Waals surface area (Å²) in [4.78, 5) is 31.7. The van der Waals surface area contributed by atoms with E-state index in [1.165, 1.54) is 0 Å². The van der Waals surface area contributed by atoms with Gasteiger partial charge in [0.15, 0.2) is 0 Å². The number of fused-ring (bicyclic) bond motifs is 2. The predicted octanol–water partition coefficient (Wildman–Crippen LogP) is 2.31. The van der Waals surface area contributed by atoms with E-state index in [0.717, 1.165) is 43.4 Å². The lowest BCUT2D eigenvalue weighted by molar-refractivity contribution is -0.123. The van der Waals surface area contributed by atoms with Crippen molar-refractivity contribution in [3.8, 4) is 0 Å². The molecule has 2 aliphatic rings. The molecule has 2 amide bonds.